The standard InChI is InChI=1S/C9H9BrClNO4S/c1-5(9(13)14)12-17(15,16)8-3-2-6(10)4-7(8)11/h2-5,12H,1H3,(H,13,14)/t5-/m1/s1. The van der Waals surface area contributed by atoms with Crippen molar-refractivity contribution in [3.63, 3.8) is 0 Å². The Morgan fingerprint density at radius 2 is 2.12 bits per heavy atom. The average Bonchev–Trinajstić information content (AvgIpc) is 2.15. The first kappa shape index (κ1) is 14.4. The van der Waals surface area contributed by atoms with Crippen molar-refractivity contribution in [3.05, 3.63) is 27.7 Å². The molecule has 0 fully saturated rings. The van der Waals surface area contributed by atoms with E-state index in [1.807, 2.05) is 4.72 Å². The fraction of sp³-hybridized carbons (Fsp3) is 0.222. The summed E-state index contributed by atoms with van der Waals surface area (Å²) in [5.74, 6) is -1.26. The van der Waals surface area contributed by atoms with E-state index in [9.17, 15) is 13.2 Å². The minimum absolute atomic E-state index is 0.0180. The first-order valence-electron chi connectivity index (χ1n) is 4.44. The molecular formula is C9H9BrClNO4S. The Morgan fingerprint density at radius 1 is 1.53 bits per heavy atom. The molecule has 0 amide bonds. The van der Waals surface area contributed by atoms with Crippen molar-refractivity contribution < 1.29 is 18.3 Å². The van der Waals surface area contributed by atoms with Crippen molar-refractivity contribution in [1.29, 1.82) is 0 Å². The highest BCUT2D eigenvalue weighted by Crippen LogP contribution is 2.25. The Morgan fingerprint density at radius 3 is 2.59 bits per heavy atom. The minimum atomic E-state index is -3.94. The Labute approximate surface area is 112 Å². The number of carboxylic acid groups (broad SMARTS) is 1. The van der Waals surface area contributed by atoms with Crippen LogP contribution in [-0.2, 0) is 14.8 Å². The first-order chi connectivity index (χ1) is 7.74. The molecule has 8 heteroatoms. The average molecular weight is 343 g/mol. The molecule has 0 heterocycles. The number of sulfonamides is 1. The predicted molar refractivity (Wildman–Crippen MR) is 66.6 cm³/mol. The molecule has 0 radical (unpaired) electrons. The molecule has 0 unspecified atom stereocenters. The third-order valence-electron chi connectivity index (χ3n) is 1.89. The van der Waals surface area contributed by atoms with Crippen LogP contribution in [0, 0.1) is 0 Å². The smallest absolute Gasteiger partial charge is 0.321 e. The summed E-state index contributed by atoms with van der Waals surface area (Å²) in [7, 11) is -3.94. The van der Waals surface area contributed by atoms with Crippen molar-refractivity contribution >= 4 is 43.5 Å². The van der Waals surface area contributed by atoms with Gasteiger partial charge in [0.15, 0.2) is 0 Å². The maximum Gasteiger partial charge on any atom is 0.321 e. The first-order valence-corrected chi connectivity index (χ1v) is 7.09. The molecule has 1 rings (SSSR count). The van der Waals surface area contributed by atoms with Crippen LogP contribution in [0.25, 0.3) is 0 Å². The molecule has 5 nitrogen and oxygen atoms in total. The number of rotatable bonds is 4. The van der Waals surface area contributed by atoms with Crippen molar-refractivity contribution in [1.82, 2.24) is 4.72 Å². The second-order valence-electron chi connectivity index (χ2n) is 3.26. The number of halogens is 2. The molecule has 0 aliphatic carbocycles. The summed E-state index contributed by atoms with van der Waals surface area (Å²) in [5, 5.41) is 8.66. The lowest BCUT2D eigenvalue weighted by molar-refractivity contribution is -0.138. The molecule has 0 spiro atoms. The van der Waals surface area contributed by atoms with E-state index in [4.69, 9.17) is 16.7 Å². The van der Waals surface area contributed by atoms with Gasteiger partial charge in [0.1, 0.15) is 10.9 Å². The molecular weight excluding hydrogens is 334 g/mol. The van der Waals surface area contributed by atoms with Gasteiger partial charge in [0.05, 0.1) is 5.02 Å². The van der Waals surface area contributed by atoms with Crippen LogP contribution in [0.4, 0.5) is 0 Å². The van der Waals surface area contributed by atoms with E-state index in [0.717, 1.165) is 0 Å². The van der Waals surface area contributed by atoms with Gasteiger partial charge in [-0.2, -0.15) is 4.72 Å². The van der Waals surface area contributed by atoms with Crippen molar-refractivity contribution in [2.45, 2.75) is 17.9 Å². The SMILES string of the molecule is C[C@@H](NS(=O)(=O)c1ccc(Br)cc1Cl)C(=O)O. The summed E-state index contributed by atoms with van der Waals surface area (Å²) in [6, 6.07) is 3.00. The predicted octanol–water partition coefficient (Wildman–Crippen LogP) is 1.85. The third-order valence-corrected chi connectivity index (χ3v) is 4.40. The van der Waals surface area contributed by atoms with E-state index >= 15 is 0 Å². The van der Waals surface area contributed by atoms with E-state index in [-0.39, 0.29) is 9.92 Å². The zero-order valence-electron chi connectivity index (χ0n) is 8.65. The second kappa shape index (κ2) is 5.34. The summed E-state index contributed by atoms with van der Waals surface area (Å²) < 4.78 is 26.2. The summed E-state index contributed by atoms with van der Waals surface area (Å²) >= 11 is 8.92. The molecule has 1 aromatic rings. The summed E-state index contributed by atoms with van der Waals surface area (Å²) in [4.78, 5) is 10.4. The molecule has 0 aliphatic rings. The number of hydrogen-bond donors (Lipinski definition) is 2. The van der Waals surface area contributed by atoms with Gasteiger partial charge in [-0.25, -0.2) is 8.42 Å². The van der Waals surface area contributed by atoms with Gasteiger partial charge in [-0.3, -0.25) is 4.79 Å². The van der Waals surface area contributed by atoms with Gasteiger partial charge in [0, 0.05) is 4.47 Å². The molecule has 1 atom stereocenters. The zero-order valence-corrected chi connectivity index (χ0v) is 11.8. The lowest BCUT2D eigenvalue weighted by Crippen LogP contribution is -2.38. The molecule has 0 saturated carbocycles. The quantitative estimate of drug-likeness (QED) is 0.875. The third kappa shape index (κ3) is 3.67. The van der Waals surface area contributed by atoms with Gasteiger partial charge in [-0.1, -0.05) is 27.5 Å². The molecule has 0 saturated heterocycles. The summed E-state index contributed by atoms with van der Waals surface area (Å²) in [6.07, 6.45) is 0. The normalized spacial score (nSPS) is 13.4. The lowest BCUT2D eigenvalue weighted by Gasteiger charge is -2.11. The molecule has 0 aliphatic heterocycles. The number of carbonyl (C=O) groups is 1. The molecule has 1 aromatic carbocycles. The summed E-state index contributed by atoms with van der Waals surface area (Å²) in [6.45, 7) is 1.23. The monoisotopic (exact) mass is 341 g/mol. The van der Waals surface area contributed by atoms with Gasteiger partial charge in [-0.05, 0) is 25.1 Å². The lowest BCUT2D eigenvalue weighted by atomic mass is 10.4. The number of benzene rings is 1. The molecule has 2 N–H and O–H groups in total. The number of carboxylic acids is 1. The van der Waals surface area contributed by atoms with Gasteiger partial charge in [0.2, 0.25) is 10.0 Å². The molecule has 0 bridgehead atoms. The molecule has 94 valence electrons. The fourth-order valence-corrected chi connectivity index (χ4v) is 3.27. The molecule has 0 aromatic heterocycles. The van der Waals surface area contributed by atoms with Crippen LogP contribution in [0.3, 0.4) is 0 Å². The van der Waals surface area contributed by atoms with Crippen molar-refractivity contribution in [2.24, 2.45) is 0 Å². The van der Waals surface area contributed by atoms with Crippen LogP contribution in [-0.4, -0.2) is 25.5 Å². The van der Waals surface area contributed by atoms with Gasteiger partial charge < -0.3 is 5.11 Å². The van der Waals surface area contributed by atoms with Crippen LogP contribution >= 0.6 is 27.5 Å². The van der Waals surface area contributed by atoms with Crippen molar-refractivity contribution in [3.8, 4) is 0 Å². The van der Waals surface area contributed by atoms with Crippen LogP contribution in [0.2, 0.25) is 5.02 Å². The summed E-state index contributed by atoms with van der Waals surface area (Å²) in [5.41, 5.74) is 0. The van der Waals surface area contributed by atoms with Crippen LogP contribution in [0.1, 0.15) is 6.92 Å². The van der Waals surface area contributed by atoms with Gasteiger partial charge in [-0.15, -0.1) is 0 Å². The molecule has 17 heavy (non-hydrogen) atoms. The highest BCUT2D eigenvalue weighted by Gasteiger charge is 2.23. The largest absolute Gasteiger partial charge is 0.480 e. The van der Waals surface area contributed by atoms with E-state index < -0.39 is 22.0 Å². The van der Waals surface area contributed by atoms with Crippen LogP contribution < -0.4 is 4.72 Å². The second-order valence-corrected chi connectivity index (χ2v) is 6.26. The van der Waals surface area contributed by atoms with E-state index in [0.29, 0.717) is 4.47 Å². The Balaban J connectivity index is 3.10. The van der Waals surface area contributed by atoms with E-state index in [2.05, 4.69) is 15.9 Å². The van der Waals surface area contributed by atoms with E-state index in [1.165, 1.54) is 25.1 Å². The number of hydrogen-bond acceptors (Lipinski definition) is 3. The van der Waals surface area contributed by atoms with Crippen molar-refractivity contribution in [2.75, 3.05) is 0 Å². The fourth-order valence-electron chi connectivity index (χ4n) is 1.04. The number of nitrogens with one attached hydrogen (secondary N) is 1. The Bertz CT molecular complexity index is 546. The highest BCUT2D eigenvalue weighted by atomic mass is 79.9. The maximum atomic E-state index is 11.8. The highest BCUT2D eigenvalue weighted by molar-refractivity contribution is 9.10. The maximum absolute atomic E-state index is 11.8. The van der Waals surface area contributed by atoms with E-state index in [1.54, 1.807) is 0 Å². The van der Waals surface area contributed by atoms with Gasteiger partial charge >= 0.3 is 5.97 Å². The Kier molecular flexibility index (Phi) is 4.54. The minimum Gasteiger partial charge on any atom is -0.480 e. The zero-order chi connectivity index (χ0) is 13.2. The number of aliphatic carboxylic acids is 1. The Hall–Kier alpha value is -0.630. The van der Waals surface area contributed by atoms with Gasteiger partial charge in [0.25, 0.3) is 0 Å². The van der Waals surface area contributed by atoms with Crippen LogP contribution in [0.15, 0.2) is 27.6 Å². The topological polar surface area (TPSA) is 83.5 Å². The van der Waals surface area contributed by atoms with Crippen LogP contribution in [0.5, 0.6) is 0 Å².